The van der Waals surface area contributed by atoms with Gasteiger partial charge in [-0.2, -0.15) is 0 Å². The first-order valence-corrected chi connectivity index (χ1v) is 5.34. The Hall–Kier alpha value is -1.03. The van der Waals surface area contributed by atoms with Gasteiger partial charge in [-0.1, -0.05) is 0 Å². The number of anilines is 1. The zero-order chi connectivity index (χ0) is 9.80. The Morgan fingerprint density at radius 1 is 1.50 bits per heavy atom. The molecule has 78 valence electrons. The number of hydrogen-bond donors (Lipinski definition) is 2. The number of nitrogens with zero attached hydrogens (tertiary/aromatic N) is 2. The van der Waals surface area contributed by atoms with Gasteiger partial charge in [0.15, 0.2) is 0 Å². The summed E-state index contributed by atoms with van der Waals surface area (Å²) in [6.07, 6.45) is 7.35. The molecular formula is C10H18N4. The van der Waals surface area contributed by atoms with Gasteiger partial charge in [-0.05, 0) is 31.7 Å². The van der Waals surface area contributed by atoms with Crippen molar-refractivity contribution in [2.75, 3.05) is 24.5 Å². The molecule has 0 aliphatic carbocycles. The maximum Gasteiger partial charge on any atom is 0.202 e. The van der Waals surface area contributed by atoms with Crippen LogP contribution in [0, 0.1) is 5.92 Å². The fraction of sp³-hybridized carbons (Fsp3) is 0.700. The number of nitrogens with one attached hydrogen (secondary N) is 1. The van der Waals surface area contributed by atoms with Crippen LogP contribution in [0.3, 0.4) is 0 Å². The molecule has 3 N–H and O–H groups in total. The molecule has 2 heterocycles. The minimum atomic E-state index is 0.825. The third kappa shape index (κ3) is 2.07. The Morgan fingerprint density at radius 2 is 2.29 bits per heavy atom. The quantitative estimate of drug-likeness (QED) is 0.754. The molecule has 0 saturated carbocycles. The van der Waals surface area contributed by atoms with E-state index in [9.17, 15) is 0 Å². The van der Waals surface area contributed by atoms with Crippen LogP contribution < -0.4 is 10.6 Å². The average Bonchev–Trinajstić information content (AvgIpc) is 2.72. The van der Waals surface area contributed by atoms with E-state index in [0.717, 1.165) is 31.5 Å². The molecule has 0 bridgehead atoms. The van der Waals surface area contributed by atoms with Crippen molar-refractivity contribution in [1.29, 1.82) is 0 Å². The van der Waals surface area contributed by atoms with Gasteiger partial charge in [-0.3, -0.25) is 0 Å². The fourth-order valence-corrected chi connectivity index (χ4v) is 2.10. The molecule has 2 rings (SSSR count). The number of aromatic amines is 1. The van der Waals surface area contributed by atoms with Crippen molar-refractivity contribution in [2.45, 2.75) is 19.3 Å². The molecule has 0 aromatic carbocycles. The van der Waals surface area contributed by atoms with E-state index in [1.54, 1.807) is 6.20 Å². The standard InChI is InChI=1S/C10H18N4/c11-4-1-9-2-7-14(8-3-9)10-12-5-6-13-10/h5-6,9H,1-4,7-8,11H2,(H,12,13). The van der Waals surface area contributed by atoms with Gasteiger partial charge in [0.2, 0.25) is 5.95 Å². The van der Waals surface area contributed by atoms with Gasteiger partial charge in [0.25, 0.3) is 0 Å². The van der Waals surface area contributed by atoms with Crippen molar-refractivity contribution in [1.82, 2.24) is 9.97 Å². The smallest absolute Gasteiger partial charge is 0.202 e. The van der Waals surface area contributed by atoms with Crippen LogP contribution in [-0.2, 0) is 0 Å². The summed E-state index contributed by atoms with van der Waals surface area (Å²) in [5, 5.41) is 0. The van der Waals surface area contributed by atoms with E-state index >= 15 is 0 Å². The number of rotatable bonds is 3. The lowest BCUT2D eigenvalue weighted by atomic mass is 9.94. The molecule has 1 aromatic rings. The van der Waals surface area contributed by atoms with Crippen LogP contribution in [0.5, 0.6) is 0 Å². The van der Waals surface area contributed by atoms with Crippen molar-refractivity contribution in [3.8, 4) is 0 Å². The molecule has 0 amide bonds. The Kier molecular flexibility index (Phi) is 3.03. The second-order valence-corrected chi connectivity index (χ2v) is 3.92. The summed E-state index contributed by atoms with van der Waals surface area (Å²) in [5.41, 5.74) is 5.56. The van der Waals surface area contributed by atoms with Gasteiger partial charge >= 0.3 is 0 Å². The highest BCUT2D eigenvalue weighted by Crippen LogP contribution is 2.22. The third-order valence-corrected chi connectivity index (χ3v) is 2.97. The molecule has 1 aliphatic heterocycles. The maximum absolute atomic E-state index is 5.56. The topological polar surface area (TPSA) is 57.9 Å². The second-order valence-electron chi connectivity index (χ2n) is 3.92. The summed E-state index contributed by atoms with van der Waals surface area (Å²) in [5.74, 6) is 1.84. The first-order valence-electron chi connectivity index (χ1n) is 5.34. The monoisotopic (exact) mass is 194 g/mol. The molecule has 0 atom stereocenters. The van der Waals surface area contributed by atoms with E-state index in [1.165, 1.54) is 19.3 Å². The Bertz CT molecular complexity index is 249. The Morgan fingerprint density at radius 3 is 2.86 bits per heavy atom. The molecule has 1 aliphatic rings. The SMILES string of the molecule is NCCC1CCN(c2ncc[nH]2)CC1. The van der Waals surface area contributed by atoms with E-state index in [-0.39, 0.29) is 0 Å². The highest BCUT2D eigenvalue weighted by atomic mass is 15.3. The number of imidazole rings is 1. The van der Waals surface area contributed by atoms with E-state index in [1.807, 2.05) is 6.20 Å². The normalized spacial score (nSPS) is 18.8. The first-order chi connectivity index (χ1) is 6.90. The largest absolute Gasteiger partial charge is 0.342 e. The first kappa shape index (κ1) is 9.52. The van der Waals surface area contributed by atoms with Crippen molar-refractivity contribution < 1.29 is 0 Å². The van der Waals surface area contributed by atoms with E-state index in [2.05, 4.69) is 14.9 Å². The van der Waals surface area contributed by atoms with Crippen LogP contribution in [0.15, 0.2) is 12.4 Å². The summed E-state index contributed by atoms with van der Waals surface area (Å²) < 4.78 is 0. The minimum absolute atomic E-state index is 0.825. The maximum atomic E-state index is 5.56. The summed E-state index contributed by atoms with van der Waals surface area (Å²) in [6, 6.07) is 0. The summed E-state index contributed by atoms with van der Waals surface area (Å²) in [4.78, 5) is 9.71. The summed E-state index contributed by atoms with van der Waals surface area (Å²) >= 11 is 0. The molecule has 4 nitrogen and oxygen atoms in total. The van der Waals surface area contributed by atoms with E-state index in [0.29, 0.717) is 0 Å². The van der Waals surface area contributed by atoms with Crippen molar-refractivity contribution in [3.63, 3.8) is 0 Å². The van der Waals surface area contributed by atoms with Crippen LogP contribution in [0.4, 0.5) is 5.95 Å². The highest BCUT2D eigenvalue weighted by Gasteiger charge is 2.19. The van der Waals surface area contributed by atoms with Crippen LogP contribution in [0.25, 0.3) is 0 Å². The molecule has 1 saturated heterocycles. The fourth-order valence-electron chi connectivity index (χ4n) is 2.10. The van der Waals surface area contributed by atoms with Gasteiger partial charge in [0, 0.05) is 25.5 Å². The lowest BCUT2D eigenvalue weighted by Gasteiger charge is -2.31. The molecule has 1 aromatic heterocycles. The predicted molar refractivity (Wildman–Crippen MR) is 57.2 cm³/mol. The van der Waals surface area contributed by atoms with Crippen molar-refractivity contribution in [2.24, 2.45) is 11.7 Å². The van der Waals surface area contributed by atoms with Crippen LogP contribution >= 0.6 is 0 Å². The van der Waals surface area contributed by atoms with Gasteiger partial charge in [-0.15, -0.1) is 0 Å². The lowest BCUT2D eigenvalue weighted by Crippen LogP contribution is -2.34. The zero-order valence-electron chi connectivity index (χ0n) is 8.45. The minimum Gasteiger partial charge on any atom is -0.342 e. The summed E-state index contributed by atoms with van der Waals surface area (Å²) in [6.45, 7) is 3.04. The van der Waals surface area contributed by atoms with Gasteiger partial charge in [0.1, 0.15) is 0 Å². The summed E-state index contributed by atoms with van der Waals surface area (Å²) in [7, 11) is 0. The molecule has 0 radical (unpaired) electrons. The van der Waals surface area contributed by atoms with Crippen LogP contribution in [0.2, 0.25) is 0 Å². The predicted octanol–water partition coefficient (Wildman–Crippen LogP) is 0.975. The molecule has 1 fully saturated rings. The number of H-pyrrole nitrogens is 1. The van der Waals surface area contributed by atoms with Gasteiger partial charge in [0.05, 0.1) is 0 Å². The Balaban J connectivity index is 1.84. The Labute approximate surface area is 84.5 Å². The number of piperidine rings is 1. The van der Waals surface area contributed by atoms with E-state index < -0.39 is 0 Å². The van der Waals surface area contributed by atoms with Gasteiger partial charge in [-0.25, -0.2) is 4.98 Å². The van der Waals surface area contributed by atoms with Crippen molar-refractivity contribution in [3.05, 3.63) is 12.4 Å². The molecule has 0 spiro atoms. The van der Waals surface area contributed by atoms with Crippen LogP contribution in [-0.4, -0.2) is 29.6 Å². The zero-order valence-corrected chi connectivity index (χ0v) is 8.45. The van der Waals surface area contributed by atoms with Crippen LogP contribution in [0.1, 0.15) is 19.3 Å². The lowest BCUT2D eigenvalue weighted by molar-refractivity contribution is 0.384. The molecule has 14 heavy (non-hydrogen) atoms. The number of hydrogen-bond acceptors (Lipinski definition) is 3. The number of nitrogens with two attached hydrogens (primary N) is 1. The second kappa shape index (κ2) is 4.46. The number of aromatic nitrogens is 2. The molecule has 0 unspecified atom stereocenters. The highest BCUT2D eigenvalue weighted by molar-refractivity contribution is 5.29. The average molecular weight is 194 g/mol. The van der Waals surface area contributed by atoms with Crippen molar-refractivity contribution >= 4 is 5.95 Å². The third-order valence-electron chi connectivity index (χ3n) is 2.97. The van der Waals surface area contributed by atoms with Gasteiger partial charge < -0.3 is 15.6 Å². The molecule has 4 heteroatoms. The molecular weight excluding hydrogens is 176 g/mol. The van der Waals surface area contributed by atoms with E-state index in [4.69, 9.17) is 5.73 Å².